The van der Waals surface area contributed by atoms with E-state index in [2.05, 4.69) is 20.9 Å². The lowest BCUT2D eigenvalue weighted by atomic mass is 10.3. The Morgan fingerprint density at radius 2 is 2.27 bits per heavy atom. The van der Waals surface area contributed by atoms with Gasteiger partial charge < -0.3 is 0 Å². The van der Waals surface area contributed by atoms with Crippen LogP contribution in [-0.2, 0) is 0 Å². The topological polar surface area (TPSA) is 30.0 Å². The van der Waals surface area contributed by atoms with Crippen LogP contribution in [0.25, 0.3) is 0 Å². The van der Waals surface area contributed by atoms with Crippen LogP contribution >= 0.6 is 15.9 Å². The number of halogens is 3. The zero-order valence-corrected chi connectivity index (χ0v) is 6.73. The fourth-order valence-corrected chi connectivity index (χ4v) is 0.892. The van der Waals surface area contributed by atoms with E-state index in [1.807, 2.05) is 0 Å². The summed E-state index contributed by atoms with van der Waals surface area (Å²) in [4.78, 5) is 13.2. The maximum absolute atomic E-state index is 12.4. The van der Waals surface area contributed by atoms with Gasteiger partial charge in [0, 0.05) is 10.7 Å². The van der Waals surface area contributed by atoms with E-state index >= 15 is 0 Å². The molecule has 5 heteroatoms. The van der Waals surface area contributed by atoms with Crippen molar-refractivity contribution in [3.8, 4) is 0 Å². The first-order valence-corrected chi connectivity index (χ1v) is 3.41. The number of carbonyl (C=O) groups excluding carboxylic acids is 1. The normalized spacial score (nSPS) is 9.73. The van der Waals surface area contributed by atoms with E-state index in [1.165, 1.54) is 0 Å². The molecule has 1 aromatic heterocycles. The predicted molar refractivity (Wildman–Crippen MR) is 37.3 cm³/mol. The Bertz CT molecular complexity index is 303. The molecular weight excluding hydrogens is 220 g/mol. The van der Waals surface area contributed by atoms with Crippen LogP contribution in [0.3, 0.4) is 0 Å². The van der Waals surface area contributed by atoms with Crippen molar-refractivity contribution in [1.29, 1.82) is 0 Å². The first-order valence-electron chi connectivity index (χ1n) is 2.62. The fraction of sp³-hybridized carbons (Fsp3) is 0. The van der Waals surface area contributed by atoms with Crippen LogP contribution in [0.5, 0.6) is 0 Å². The summed E-state index contributed by atoms with van der Waals surface area (Å²) in [5, 5.41) is 0. The minimum absolute atomic E-state index is 0.361. The molecule has 0 aliphatic carbocycles. The van der Waals surface area contributed by atoms with Gasteiger partial charge >= 0.3 is 6.04 Å². The van der Waals surface area contributed by atoms with E-state index < -0.39 is 17.5 Å². The summed E-state index contributed by atoms with van der Waals surface area (Å²) in [6.07, 6.45) is 1.14. The molecule has 1 rings (SSSR count). The Morgan fingerprint density at radius 3 is 2.73 bits per heavy atom. The van der Waals surface area contributed by atoms with Crippen molar-refractivity contribution in [2.45, 2.75) is 0 Å². The van der Waals surface area contributed by atoms with Gasteiger partial charge in [-0.3, -0.25) is 4.79 Å². The van der Waals surface area contributed by atoms with Crippen LogP contribution in [0.1, 0.15) is 10.4 Å². The van der Waals surface area contributed by atoms with Crippen molar-refractivity contribution in [1.82, 2.24) is 4.98 Å². The summed E-state index contributed by atoms with van der Waals surface area (Å²) in [5.41, 5.74) is -0.653. The lowest BCUT2D eigenvalue weighted by Crippen LogP contribution is -1.97. The number of hydrogen-bond acceptors (Lipinski definition) is 2. The molecule has 0 saturated heterocycles. The van der Waals surface area contributed by atoms with E-state index in [1.54, 1.807) is 0 Å². The Hall–Kier alpha value is -0.840. The highest BCUT2D eigenvalue weighted by molar-refractivity contribution is 9.10. The standard InChI is InChI=1S/C6H2BrF2NO/c7-3-1-4(6(9)11)5(8)10-2-3/h1-2H. The van der Waals surface area contributed by atoms with Crippen LogP contribution in [0.15, 0.2) is 16.7 Å². The molecule has 11 heavy (non-hydrogen) atoms. The van der Waals surface area contributed by atoms with E-state index in [4.69, 9.17) is 0 Å². The minimum atomic E-state index is -1.82. The third kappa shape index (κ3) is 1.80. The predicted octanol–water partition coefficient (Wildman–Crippen LogP) is 2.09. The van der Waals surface area contributed by atoms with E-state index in [9.17, 15) is 13.6 Å². The zero-order valence-electron chi connectivity index (χ0n) is 5.14. The van der Waals surface area contributed by atoms with Gasteiger partial charge in [0.15, 0.2) is 0 Å². The van der Waals surface area contributed by atoms with E-state index in [-0.39, 0.29) is 0 Å². The minimum Gasteiger partial charge on any atom is -0.255 e. The molecule has 0 bridgehead atoms. The third-order valence-corrected chi connectivity index (χ3v) is 1.45. The molecule has 0 unspecified atom stereocenters. The molecule has 0 spiro atoms. The molecular formula is C6H2BrF2NO. The van der Waals surface area contributed by atoms with Gasteiger partial charge in [0.2, 0.25) is 5.95 Å². The van der Waals surface area contributed by atoms with Crippen LogP contribution in [0.2, 0.25) is 0 Å². The fourth-order valence-electron chi connectivity index (χ4n) is 0.560. The highest BCUT2D eigenvalue weighted by Crippen LogP contribution is 2.13. The number of nitrogens with zero attached hydrogens (tertiary/aromatic N) is 1. The second kappa shape index (κ2) is 3.04. The summed E-state index contributed by atoms with van der Waals surface area (Å²) in [6.45, 7) is 0. The molecule has 0 fully saturated rings. The molecule has 0 aromatic carbocycles. The lowest BCUT2D eigenvalue weighted by Gasteiger charge is -1.94. The Balaban J connectivity index is 3.23. The average molecular weight is 222 g/mol. The average Bonchev–Trinajstić information content (AvgIpc) is 1.94. The molecule has 0 aliphatic heterocycles. The highest BCUT2D eigenvalue weighted by atomic mass is 79.9. The zero-order chi connectivity index (χ0) is 8.43. The quantitative estimate of drug-likeness (QED) is 0.537. The first-order chi connectivity index (χ1) is 5.11. The van der Waals surface area contributed by atoms with Crippen molar-refractivity contribution in [3.63, 3.8) is 0 Å². The first kappa shape index (κ1) is 8.26. The molecule has 2 nitrogen and oxygen atoms in total. The molecule has 0 radical (unpaired) electrons. The van der Waals surface area contributed by atoms with Crippen LogP contribution in [0.4, 0.5) is 8.78 Å². The van der Waals surface area contributed by atoms with Crippen LogP contribution in [-0.4, -0.2) is 11.0 Å². The Kier molecular flexibility index (Phi) is 2.28. The molecule has 58 valence electrons. The summed E-state index contributed by atoms with van der Waals surface area (Å²) in [5.74, 6) is -1.10. The summed E-state index contributed by atoms with van der Waals surface area (Å²) in [6, 6.07) is -0.790. The number of pyridine rings is 1. The van der Waals surface area contributed by atoms with Gasteiger partial charge in [0.1, 0.15) is 5.56 Å². The van der Waals surface area contributed by atoms with Crippen molar-refractivity contribution >= 4 is 22.0 Å². The van der Waals surface area contributed by atoms with E-state index in [0.717, 1.165) is 12.3 Å². The molecule has 0 N–H and O–H groups in total. The van der Waals surface area contributed by atoms with Crippen LogP contribution in [0, 0.1) is 5.95 Å². The molecule has 1 aromatic rings. The molecule has 0 atom stereocenters. The van der Waals surface area contributed by atoms with Gasteiger partial charge in [-0.2, -0.15) is 8.78 Å². The summed E-state index contributed by atoms with van der Waals surface area (Å²) >= 11 is 2.92. The lowest BCUT2D eigenvalue weighted by molar-refractivity contribution is 0.0830. The second-order valence-corrected chi connectivity index (χ2v) is 2.68. The SMILES string of the molecule is O=C(F)c1cc(Br)cnc1F. The van der Waals surface area contributed by atoms with Gasteiger partial charge in [-0.1, -0.05) is 0 Å². The largest absolute Gasteiger partial charge is 0.336 e. The molecule has 0 aliphatic rings. The van der Waals surface area contributed by atoms with E-state index in [0.29, 0.717) is 4.47 Å². The van der Waals surface area contributed by atoms with Gasteiger partial charge in [0.05, 0.1) is 0 Å². The molecule has 1 heterocycles. The third-order valence-electron chi connectivity index (χ3n) is 1.02. The number of rotatable bonds is 1. The Morgan fingerprint density at radius 1 is 1.64 bits per heavy atom. The number of carbonyl (C=O) groups is 1. The van der Waals surface area contributed by atoms with Crippen LogP contribution < -0.4 is 0 Å². The molecule has 0 saturated carbocycles. The molecule has 0 amide bonds. The summed E-state index contributed by atoms with van der Waals surface area (Å²) < 4.78 is 24.7. The second-order valence-electron chi connectivity index (χ2n) is 1.77. The number of hydrogen-bond donors (Lipinski definition) is 0. The van der Waals surface area contributed by atoms with Gasteiger partial charge in [-0.25, -0.2) is 4.98 Å². The van der Waals surface area contributed by atoms with Crippen molar-refractivity contribution in [2.24, 2.45) is 0 Å². The maximum atomic E-state index is 12.4. The monoisotopic (exact) mass is 221 g/mol. The summed E-state index contributed by atoms with van der Waals surface area (Å²) in [7, 11) is 0. The van der Waals surface area contributed by atoms with Crippen molar-refractivity contribution in [2.75, 3.05) is 0 Å². The van der Waals surface area contributed by atoms with Crippen molar-refractivity contribution in [3.05, 3.63) is 28.2 Å². The number of aromatic nitrogens is 1. The van der Waals surface area contributed by atoms with Gasteiger partial charge in [-0.15, -0.1) is 0 Å². The highest BCUT2D eigenvalue weighted by Gasteiger charge is 2.11. The van der Waals surface area contributed by atoms with Gasteiger partial charge in [-0.05, 0) is 22.0 Å². The smallest absolute Gasteiger partial charge is 0.255 e. The van der Waals surface area contributed by atoms with Gasteiger partial charge in [0.25, 0.3) is 0 Å². The van der Waals surface area contributed by atoms with Crippen molar-refractivity contribution < 1.29 is 13.6 Å². The maximum Gasteiger partial charge on any atom is 0.336 e. The Labute approximate surface area is 69.4 Å².